The van der Waals surface area contributed by atoms with Crippen LogP contribution in [0.25, 0.3) is 17.1 Å². The van der Waals surface area contributed by atoms with Crippen LogP contribution in [-0.4, -0.2) is 39.1 Å². The molecule has 0 spiro atoms. The van der Waals surface area contributed by atoms with Gasteiger partial charge in [-0.1, -0.05) is 0 Å². The lowest BCUT2D eigenvalue weighted by atomic mass is 10.0. The van der Waals surface area contributed by atoms with Crippen LogP contribution in [-0.2, 0) is 18.8 Å². The van der Waals surface area contributed by atoms with Gasteiger partial charge in [0.25, 0.3) is 11.5 Å². The van der Waals surface area contributed by atoms with Gasteiger partial charge in [0.15, 0.2) is 5.82 Å². The molecule has 0 radical (unpaired) electrons. The first-order valence-electron chi connectivity index (χ1n) is 12.5. The smallest absolute Gasteiger partial charge is 0.420 e. The number of nitrogens with zero attached hydrogens (tertiary/aromatic N) is 3. The van der Waals surface area contributed by atoms with Gasteiger partial charge in [-0.3, -0.25) is 14.3 Å². The molecule has 0 aliphatic rings. The van der Waals surface area contributed by atoms with Crippen LogP contribution in [0, 0.1) is 11.6 Å². The highest BCUT2D eigenvalue weighted by Crippen LogP contribution is 2.37. The van der Waals surface area contributed by atoms with Crippen molar-refractivity contribution >= 4 is 11.6 Å². The Hall–Kier alpha value is -4.86. The van der Waals surface area contributed by atoms with E-state index in [9.17, 15) is 36.6 Å². The van der Waals surface area contributed by atoms with Crippen molar-refractivity contribution in [3.63, 3.8) is 0 Å². The van der Waals surface area contributed by atoms with Crippen LogP contribution in [0.5, 0.6) is 11.5 Å². The molecule has 234 valence electrons. The summed E-state index contributed by atoms with van der Waals surface area (Å²) in [7, 11) is 2.13. The van der Waals surface area contributed by atoms with Gasteiger partial charge in [-0.2, -0.15) is 26.6 Å². The van der Waals surface area contributed by atoms with E-state index in [0.29, 0.717) is 15.4 Å². The summed E-state index contributed by atoms with van der Waals surface area (Å²) < 4.78 is 108. The molecule has 44 heavy (non-hydrogen) atoms. The van der Waals surface area contributed by atoms with E-state index in [1.54, 1.807) is 0 Å². The highest BCUT2D eigenvalue weighted by Gasteiger charge is 2.38. The second-order valence-corrected chi connectivity index (χ2v) is 9.81. The number of alkyl halides is 5. The number of rotatable bonds is 8. The number of amides is 1. The molecule has 0 unspecified atom stereocenters. The normalized spacial score (nSPS) is 12.0. The Bertz CT molecular complexity index is 1750. The number of pyridine rings is 1. The molecular formula is C28H23F7N4O5. The third-order valence-electron chi connectivity index (χ3n) is 6.34. The number of nitrogens with one attached hydrogen (secondary N) is 1. The summed E-state index contributed by atoms with van der Waals surface area (Å²) in [4.78, 5) is 30.8. The molecule has 0 atom stereocenters. The summed E-state index contributed by atoms with van der Waals surface area (Å²) in [6.07, 6.45) is -5.09. The summed E-state index contributed by atoms with van der Waals surface area (Å²) in [5, 5.41) is 12.6. The van der Waals surface area contributed by atoms with E-state index >= 15 is 8.78 Å². The van der Waals surface area contributed by atoms with Crippen LogP contribution in [0.1, 0.15) is 35.5 Å². The van der Waals surface area contributed by atoms with Gasteiger partial charge in [0, 0.05) is 24.7 Å². The summed E-state index contributed by atoms with van der Waals surface area (Å²) >= 11 is 0. The summed E-state index contributed by atoms with van der Waals surface area (Å²) in [5.41, 5.74) is -7.57. The zero-order valence-corrected chi connectivity index (χ0v) is 23.3. The molecule has 2 aromatic carbocycles. The fourth-order valence-corrected chi connectivity index (χ4v) is 4.28. The first-order chi connectivity index (χ1) is 20.4. The molecule has 0 saturated heterocycles. The topological polar surface area (TPSA) is 108 Å². The molecule has 2 aromatic heterocycles. The number of aromatic nitrogens is 3. The predicted octanol–water partition coefficient (Wildman–Crippen LogP) is 5.62. The highest BCUT2D eigenvalue weighted by molar-refractivity contribution is 6.06. The average Bonchev–Trinajstić information content (AvgIpc) is 3.15. The minimum atomic E-state index is -5.09. The molecule has 0 fully saturated rings. The number of hydrogen-bond acceptors (Lipinski definition) is 6. The Balaban J connectivity index is 2.00. The van der Waals surface area contributed by atoms with E-state index in [4.69, 9.17) is 4.74 Å². The second-order valence-electron chi connectivity index (χ2n) is 9.81. The maximum Gasteiger partial charge on any atom is 0.420 e. The quantitative estimate of drug-likeness (QED) is 0.245. The fraction of sp³-hybridized carbons (Fsp3) is 0.250. The molecular weight excluding hydrogens is 605 g/mol. The molecule has 1 amide bonds. The number of carbonyl (C=O) groups excluding carboxylic acids is 1. The number of hydrogen-bond donors (Lipinski definition) is 2. The van der Waals surface area contributed by atoms with Crippen LogP contribution in [0.2, 0.25) is 0 Å². The lowest BCUT2D eigenvalue weighted by Crippen LogP contribution is -2.28. The van der Waals surface area contributed by atoms with Gasteiger partial charge in [-0.05, 0) is 50.2 Å². The van der Waals surface area contributed by atoms with E-state index in [-0.39, 0.29) is 22.8 Å². The molecule has 0 aliphatic carbocycles. The molecule has 4 aromatic rings. The standard InChI is InChI=1S/C28H23F7N4O5/c1-27(2,42)19-10-9-16(28(33,34)35)23(36-19)39-25(41)21(37-24(40)13-5-7-14(8-6-13)44-26(31)32)22(38(39)3)20-17(29)11-15(43-4)12-18(20)30/h5-12,26,42H,1-4H3,(H,37,40). The number of benzene rings is 2. The predicted molar refractivity (Wildman–Crippen MR) is 142 cm³/mol. The van der Waals surface area contributed by atoms with Crippen LogP contribution in [0.3, 0.4) is 0 Å². The lowest BCUT2D eigenvalue weighted by molar-refractivity contribution is -0.137. The molecule has 0 saturated carbocycles. The van der Waals surface area contributed by atoms with Crippen LogP contribution in [0.4, 0.5) is 36.4 Å². The monoisotopic (exact) mass is 628 g/mol. The van der Waals surface area contributed by atoms with Gasteiger partial charge in [-0.15, -0.1) is 0 Å². The third kappa shape index (κ3) is 6.24. The van der Waals surface area contributed by atoms with Crippen molar-refractivity contribution in [3.05, 3.63) is 87.3 Å². The van der Waals surface area contributed by atoms with Gasteiger partial charge >= 0.3 is 12.8 Å². The van der Waals surface area contributed by atoms with Crippen molar-refractivity contribution in [1.82, 2.24) is 14.3 Å². The Morgan fingerprint density at radius 3 is 2.09 bits per heavy atom. The number of aliphatic hydroxyl groups is 1. The number of anilines is 1. The van der Waals surface area contributed by atoms with E-state index in [1.165, 1.54) is 13.8 Å². The van der Waals surface area contributed by atoms with Crippen molar-refractivity contribution in [3.8, 4) is 28.6 Å². The SMILES string of the molecule is COc1cc(F)c(-c2c(NC(=O)c3ccc(OC(F)F)cc3)c(=O)n(-c3nc(C(C)(C)O)ccc3C(F)(F)F)n2C)c(F)c1. The molecule has 2 N–H and O–H groups in total. The summed E-state index contributed by atoms with van der Waals surface area (Å²) in [6.45, 7) is -0.687. The minimum Gasteiger partial charge on any atom is -0.497 e. The molecule has 9 nitrogen and oxygen atoms in total. The van der Waals surface area contributed by atoms with E-state index in [2.05, 4.69) is 15.0 Å². The lowest BCUT2D eigenvalue weighted by Gasteiger charge is -2.21. The molecule has 2 heterocycles. The zero-order valence-electron chi connectivity index (χ0n) is 23.3. The summed E-state index contributed by atoms with van der Waals surface area (Å²) in [6, 6.07) is 7.08. The first kappa shape index (κ1) is 32.1. The first-order valence-corrected chi connectivity index (χ1v) is 12.5. The molecule has 16 heteroatoms. The van der Waals surface area contributed by atoms with Gasteiger partial charge in [0.1, 0.15) is 45.7 Å². The van der Waals surface area contributed by atoms with Gasteiger partial charge in [-0.25, -0.2) is 13.8 Å². The van der Waals surface area contributed by atoms with Crippen molar-refractivity contribution in [2.45, 2.75) is 32.2 Å². The summed E-state index contributed by atoms with van der Waals surface area (Å²) in [5.74, 6) is -5.31. The van der Waals surface area contributed by atoms with E-state index in [0.717, 1.165) is 56.6 Å². The van der Waals surface area contributed by atoms with Crippen molar-refractivity contribution in [2.24, 2.45) is 7.05 Å². The zero-order chi connectivity index (χ0) is 32.7. The van der Waals surface area contributed by atoms with Crippen molar-refractivity contribution in [1.29, 1.82) is 0 Å². The van der Waals surface area contributed by atoms with E-state index < -0.39 is 69.8 Å². The average molecular weight is 629 g/mol. The Labute approximate surface area is 244 Å². The Morgan fingerprint density at radius 1 is 1.00 bits per heavy atom. The van der Waals surface area contributed by atoms with Gasteiger partial charge in [0.05, 0.1) is 18.4 Å². The van der Waals surface area contributed by atoms with Crippen LogP contribution in [0.15, 0.2) is 53.3 Å². The number of carbonyl (C=O) groups is 1. The van der Waals surface area contributed by atoms with Gasteiger partial charge in [0.2, 0.25) is 0 Å². The van der Waals surface area contributed by atoms with E-state index in [1.807, 2.05) is 0 Å². The largest absolute Gasteiger partial charge is 0.497 e. The molecule has 0 aliphatic heterocycles. The van der Waals surface area contributed by atoms with Crippen LogP contribution < -0.4 is 20.3 Å². The van der Waals surface area contributed by atoms with Crippen molar-refractivity contribution < 1.29 is 50.1 Å². The maximum atomic E-state index is 15.3. The van der Waals surface area contributed by atoms with Crippen LogP contribution >= 0.6 is 0 Å². The molecule has 4 rings (SSSR count). The highest BCUT2D eigenvalue weighted by atomic mass is 19.4. The fourth-order valence-electron chi connectivity index (χ4n) is 4.28. The van der Waals surface area contributed by atoms with Crippen molar-refractivity contribution in [2.75, 3.05) is 12.4 Å². The Morgan fingerprint density at radius 2 is 1.59 bits per heavy atom. The Kier molecular flexibility index (Phi) is 8.50. The minimum absolute atomic E-state index is 0.235. The third-order valence-corrected chi connectivity index (χ3v) is 6.34. The van der Waals surface area contributed by atoms with Gasteiger partial charge < -0.3 is 19.9 Å². The number of ether oxygens (including phenoxy) is 2. The number of halogens is 7. The number of methoxy groups -OCH3 is 1. The second kappa shape index (κ2) is 11.7. The molecule has 0 bridgehead atoms. The maximum absolute atomic E-state index is 15.3.